The van der Waals surface area contributed by atoms with Crippen LogP contribution in [0.25, 0.3) is 0 Å². The summed E-state index contributed by atoms with van der Waals surface area (Å²) in [4.78, 5) is 7.74. The van der Waals surface area contributed by atoms with Crippen molar-refractivity contribution in [1.29, 1.82) is 0 Å². The predicted octanol–water partition coefficient (Wildman–Crippen LogP) is 3.32. The Morgan fingerprint density at radius 2 is 2.12 bits per heavy atom. The Hall–Kier alpha value is -1.68. The van der Waals surface area contributed by atoms with Crippen molar-refractivity contribution < 1.29 is 4.39 Å². The summed E-state index contributed by atoms with van der Waals surface area (Å²) in [6, 6.07) is 6.39. The Morgan fingerprint density at radius 1 is 1.31 bits per heavy atom. The molecular formula is C11H9ClFN3. The maximum atomic E-state index is 13.3. The third-order valence-corrected chi connectivity index (χ3v) is 2.37. The maximum absolute atomic E-state index is 13.3. The number of aromatic nitrogens is 2. The van der Waals surface area contributed by atoms with Gasteiger partial charge >= 0.3 is 0 Å². The van der Waals surface area contributed by atoms with Gasteiger partial charge in [0.1, 0.15) is 23.1 Å². The molecule has 1 N–H and O–H groups in total. The van der Waals surface area contributed by atoms with Crippen LogP contribution in [0, 0.1) is 12.7 Å². The summed E-state index contributed by atoms with van der Waals surface area (Å²) in [5.41, 5.74) is 1.20. The van der Waals surface area contributed by atoms with Gasteiger partial charge in [-0.25, -0.2) is 14.4 Å². The number of hydrogen-bond donors (Lipinski definition) is 1. The number of nitrogens with zero attached hydrogens (tertiary/aromatic N) is 2. The summed E-state index contributed by atoms with van der Waals surface area (Å²) in [5, 5.41) is 3.32. The largest absolute Gasteiger partial charge is 0.340 e. The minimum atomic E-state index is -0.259. The quantitative estimate of drug-likeness (QED) is 0.815. The molecular weight excluding hydrogens is 229 g/mol. The van der Waals surface area contributed by atoms with Gasteiger partial charge in [0.25, 0.3) is 0 Å². The smallest absolute Gasteiger partial charge is 0.135 e. The van der Waals surface area contributed by atoms with Crippen molar-refractivity contribution >= 4 is 23.1 Å². The molecule has 2 rings (SSSR count). The molecule has 1 aromatic carbocycles. The fourth-order valence-corrected chi connectivity index (χ4v) is 1.43. The normalized spacial score (nSPS) is 10.2. The van der Waals surface area contributed by atoms with Crippen molar-refractivity contribution in [1.82, 2.24) is 9.97 Å². The minimum absolute atomic E-state index is 0.259. The molecule has 0 aliphatic heterocycles. The molecule has 1 aromatic heterocycles. The van der Waals surface area contributed by atoms with E-state index in [9.17, 15) is 4.39 Å². The molecule has 5 heteroatoms. The highest BCUT2D eigenvalue weighted by atomic mass is 35.5. The van der Waals surface area contributed by atoms with Gasteiger partial charge in [0, 0.05) is 17.3 Å². The van der Waals surface area contributed by atoms with E-state index >= 15 is 0 Å². The van der Waals surface area contributed by atoms with E-state index in [1.54, 1.807) is 25.1 Å². The molecule has 1 heterocycles. The molecule has 3 nitrogen and oxygen atoms in total. The van der Waals surface area contributed by atoms with Crippen LogP contribution >= 0.6 is 11.6 Å². The van der Waals surface area contributed by atoms with Gasteiger partial charge in [-0.1, -0.05) is 17.7 Å². The molecule has 0 saturated carbocycles. The zero-order chi connectivity index (χ0) is 11.5. The topological polar surface area (TPSA) is 37.8 Å². The van der Waals surface area contributed by atoms with E-state index in [1.807, 2.05) is 0 Å². The highest BCUT2D eigenvalue weighted by Crippen LogP contribution is 2.21. The van der Waals surface area contributed by atoms with Crippen LogP contribution in [0.2, 0.25) is 5.15 Å². The monoisotopic (exact) mass is 237 g/mol. The van der Waals surface area contributed by atoms with Gasteiger partial charge in [-0.3, -0.25) is 0 Å². The first-order valence-corrected chi connectivity index (χ1v) is 5.04. The molecule has 82 valence electrons. The van der Waals surface area contributed by atoms with Gasteiger partial charge < -0.3 is 5.32 Å². The Bertz CT molecular complexity index is 516. The molecule has 0 aliphatic rings. The van der Waals surface area contributed by atoms with Gasteiger partial charge in [0.05, 0.1) is 0 Å². The number of benzene rings is 1. The van der Waals surface area contributed by atoms with Crippen LogP contribution in [0.4, 0.5) is 15.9 Å². The van der Waals surface area contributed by atoms with Crippen molar-refractivity contribution in [2.75, 3.05) is 5.32 Å². The van der Waals surface area contributed by atoms with Gasteiger partial charge in [0.15, 0.2) is 0 Å². The molecule has 0 spiro atoms. The van der Waals surface area contributed by atoms with E-state index in [0.717, 1.165) is 0 Å². The standard InChI is InChI=1S/C11H9ClFN3/c1-7-8(13)3-2-4-9(7)16-11-5-10(12)14-6-15-11/h2-6H,1H3,(H,14,15,16). The molecule has 0 aliphatic carbocycles. The van der Waals surface area contributed by atoms with Crippen molar-refractivity contribution in [3.63, 3.8) is 0 Å². The average molecular weight is 238 g/mol. The summed E-state index contributed by atoms with van der Waals surface area (Å²) < 4.78 is 13.3. The van der Waals surface area contributed by atoms with E-state index in [0.29, 0.717) is 22.2 Å². The zero-order valence-corrected chi connectivity index (χ0v) is 9.29. The third-order valence-electron chi connectivity index (χ3n) is 2.16. The SMILES string of the molecule is Cc1c(F)cccc1Nc1cc(Cl)ncn1. The van der Waals surface area contributed by atoms with Gasteiger partial charge in [0.2, 0.25) is 0 Å². The lowest BCUT2D eigenvalue weighted by atomic mass is 10.2. The molecule has 0 unspecified atom stereocenters. The van der Waals surface area contributed by atoms with Crippen LogP contribution in [0.1, 0.15) is 5.56 Å². The highest BCUT2D eigenvalue weighted by Gasteiger charge is 2.04. The fourth-order valence-electron chi connectivity index (χ4n) is 1.28. The predicted molar refractivity (Wildman–Crippen MR) is 61.5 cm³/mol. The van der Waals surface area contributed by atoms with E-state index < -0.39 is 0 Å². The molecule has 0 atom stereocenters. The lowest BCUT2D eigenvalue weighted by Gasteiger charge is -2.08. The second-order valence-corrected chi connectivity index (χ2v) is 3.65. The maximum Gasteiger partial charge on any atom is 0.135 e. The van der Waals surface area contributed by atoms with E-state index in [2.05, 4.69) is 15.3 Å². The number of anilines is 2. The van der Waals surface area contributed by atoms with Crippen molar-refractivity contribution in [2.24, 2.45) is 0 Å². The van der Waals surface area contributed by atoms with Crippen LogP contribution in [0.15, 0.2) is 30.6 Å². The highest BCUT2D eigenvalue weighted by molar-refractivity contribution is 6.29. The molecule has 0 amide bonds. The number of rotatable bonds is 2. The summed E-state index contributed by atoms with van der Waals surface area (Å²) in [6.07, 6.45) is 1.35. The second kappa shape index (κ2) is 4.45. The van der Waals surface area contributed by atoms with Crippen molar-refractivity contribution in [2.45, 2.75) is 6.92 Å². The summed E-state index contributed by atoms with van der Waals surface area (Å²) in [5.74, 6) is 0.277. The Labute approximate surface area is 97.3 Å². The molecule has 0 radical (unpaired) electrons. The zero-order valence-electron chi connectivity index (χ0n) is 8.54. The Kier molecular flexibility index (Phi) is 3.01. The first-order chi connectivity index (χ1) is 7.66. The van der Waals surface area contributed by atoms with Crippen molar-refractivity contribution in [3.05, 3.63) is 47.1 Å². The fraction of sp³-hybridized carbons (Fsp3) is 0.0909. The second-order valence-electron chi connectivity index (χ2n) is 3.26. The summed E-state index contributed by atoms with van der Waals surface area (Å²) in [7, 11) is 0. The van der Waals surface area contributed by atoms with Gasteiger partial charge in [-0.15, -0.1) is 0 Å². The van der Waals surface area contributed by atoms with E-state index in [4.69, 9.17) is 11.6 Å². The number of nitrogens with one attached hydrogen (secondary N) is 1. The Balaban J connectivity index is 2.31. The summed E-state index contributed by atoms with van der Waals surface area (Å²) in [6.45, 7) is 1.69. The molecule has 0 fully saturated rings. The van der Waals surface area contributed by atoms with Crippen LogP contribution < -0.4 is 5.32 Å². The molecule has 0 saturated heterocycles. The van der Waals surface area contributed by atoms with Gasteiger partial charge in [-0.2, -0.15) is 0 Å². The van der Waals surface area contributed by atoms with Crippen LogP contribution in [-0.2, 0) is 0 Å². The van der Waals surface area contributed by atoms with Crippen LogP contribution in [0.3, 0.4) is 0 Å². The van der Waals surface area contributed by atoms with Gasteiger partial charge in [-0.05, 0) is 19.1 Å². The minimum Gasteiger partial charge on any atom is -0.340 e. The first-order valence-electron chi connectivity index (χ1n) is 4.66. The Morgan fingerprint density at radius 3 is 2.88 bits per heavy atom. The third kappa shape index (κ3) is 2.28. The number of hydrogen-bond acceptors (Lipinski definition) is 3. The van der Waals surface area contributed by atoms with Crippen LogP contribution in [0.5, 0.6) is 0 Å². The number of halogens is 2. The van der Waals surface area contributed by atoms with Crippen molar-refractivity contribution in [3.8, 4) is 0 Å². The summed E-state index contributed by atoms with van der Waals surface area (Å²) >= 11 is 5.72. The average Bonchev–Trinajstić information content (AvgIpc) is 2.25. The van der Waals surface area contributed by atoms with E-state index in [-0.39, 0.29) is 5.82 Å². The molecule has 16 heavy (non-hydrogen) atoms. The van der Waals surface area contributed by atoms with Crippen LogP contribution in [-0.4, -0.2) is 9.97 Å². The molecule has 2 aromatic rings. The molecule has 0 bridgehead atoms. The van der Waals surface area contributed by atoms with E-state index in [1.165, 1.54) is 12.4 Å². The lowest BCUT2D eigenvalue weighted by molar-refractivity contribution is 0.619. The first kappa shape index (κ1) is 10.8. The lowest BCUT2D eigenvalue weighted by Crippen LogP contribution is -1.97.